The number of fused-ring (bicyclic) bond motifs is 2. The SMILES string of the molecule is C=CC(=O)Nc1cccc2c1CC[C@@H]2n1nnc2cnc(Cl)nc21. The van der Waals surface area contributed by atoms with E-state index in [0.717, 1.165) is 29.7 Å². The fourth-order valence-corrected chi connectivity index (χ4v) is 3.25. The molecule has 1 N–H and O–H groups in total. The first kappa shape index (κ1) is 14.8. The third kappa shape index (κ3) is 2.33. The zero-order valence-corrected chi connectivity index (χ0v) is 13.4. The standard InChI is InChI=1S/C16H13ClN6O/c1-2-14(24)19-11-5-3-4-10-9(11)6-7-13(10)23-15-12(21-22-23)8-18-16(17)20-15/h2-5,8,13H,1,6-7H2,(H,19,24)/t13-/m0/s1. The predicted molar refractivity (Wildman–Crippen MR) is 89.9 cm³/mol. The van der Waals surface area contributed by atoms with Crippen LogP contribution in [-0.2, 0) is 11.2 Å². The number of nitrogens with zero attached hydrogens (tertiary/aromatic N) is 5. The molecule has 1 aliphatic carbocycles. The summed E-state index contributed by atoms with van der Waals surface area (Å²) in [6.45, 7) is 3.49. The van der Waals surface area contributed by atoms with Crippen molar-refractivity contribution in [1.82, 2.24) is 25.0 Å². The smallest absolute Gasteiger partial charge is 0.247 e. The molecule has 0 saturated heterocycles. The Hall–Kier alpha value is -2.80. The number of hydrogen-bond acceptors (Lipinski definition) is 5. The van der Waals surface area contributed by atoms with Gasteiger partial charge in [-0.1, -0.05) is 23.9 Å². The monoisotopic (exact) mass is 340 g/mol. The zero-order chi connectivity index (χ0) is 16.7. The fraction of sp³-hybridized carbons (Fsp3) is 0.188. The van der Waals surface area contributed by atoms with Gasteiger partial charge in [-0.3, -0.25) is 4.79 Å². The minimum atomic E-state index is -0.224. The van der Waals surface area contributed by atoms with E-state index in [1.165, 1.54) is 6.08 Å². The van der Waals surface area contributed by atoms with Crippen LogP contribution in [0.4, 0.5) is 5.69 Å². The van der Waals surface area contributed by atoms with Gasteiger partial charge in [0.05, 0.1) is 12.2 Å². The number of carbonyl (C=O) groups is 1. The van der Waals surface area contributed by atoms with E-state index in [1.54, 1.807) is 10.9 Å². The first-order valence-electron chi connectivity index (χ1n) is 7.46. The van der Waals surface area contributed by atoms with E-state index in [2.05, 4.69) is 32.2 Å². The number of hydrogen-bond donors (Lipinski definition) is 1. The molecule has 0 bridgehead atoms. The topological polar surface area (TPSA) is 85.6 Å². The van der Waals surface area contributed by atoms with E-state index in [9.17, 15) is 4.79 Å². The Morgan fingerprint density at radius 2 is 2.33 bits per heavy atom. The number of amides is 1. The number of halogens is 1. The summed E-state index contributed by atoms with van der Waals surface area (Å²) < 4.78 is 1.77. The van der Waals surface area contributed by atoms with E-state index in [4.69, 9.17) is 11.6 Å². The Balaban J connectivity index is 1.78. The minimum absolute atomic E-state index is 0.00319. The van der Waals surface area contributed by atoms with Crippen LogP contribution in [0.5, 0.6) is 0 Å². The molecule has 1 aliphatic rings. The molecule has 4 rings (SSSR count). The molecule has 2 heterocycles. The average Bonchev–Trinajstić information content (AvgIpc) is 3.18. The third-order valence-corrected chi connectivity index (χ3v) is 4.35. The maximum atomic E-state index is 11.6. The number of nitrogens with one attached hydrogen (secondary N) is 1. The van der Waals surface area contributed by atoms with E-state index < -0.39 is 0 Å². The van der Waals surface area contributed by atoms with E-state index in [0.29, 0.717) is 11.2 Å². The van der Waals surface area contributed by atoms with Crippen molar-refractivity contribution < 1.29 is 4.79 Å². The molecule has 0 fully saturated rings. The van der Waals surface area contributed by atoms with Crippen LogP contribution in [0, 0.1) is 0 Å². The molecule has 1 amide bonds. The van der Waals surface area contributed by atoms with Crippen molar-refractivity contribution in [3.8, 4) is 0 Å². The van der Waals surface area contributed by atoms with E-state index >= 15 is 0 Å². The van der Waals surface area contributed by atoms with Gasteiger partial charge in [0.25, 0.3) is 0 Å². The molecule has 7 nitrogen and oxygen atoms in total. The highest BCUT2D eigenvalue weighted by atomic mass is 35.5. The van der Waals surface area contributed by atoms with Gasteiger partial charge < -0.3 is 5.32 Å². The van der Waals surface area contributed by atoms with Gasteiger partial charge in [0.1, 0.15) is 0 Å². The number of aromatic nitrogens is 5. The molecule has 24 heavy (non-hydrogen) atoms. The van der Waals surface area contributed by atoms with Crippen LogP contribution in [-0.4, -0.2) is 30.9 Å². The van der Waals surface area contributed by atoms with Crippen LogP contribution < -0.4 is 5.32 Å². The van der Waals surface area contributed by atoms with Gasteiger partial charge in [-0.2, -0.15) is 4.98 Å². The van der Waals surface area contributed by atoms with Crippen molar-refractivity contribution in [2.75, 3.05) is 5.32 Å². The maximum absolute atomic E-state index is 11.6. The molecular weight excluding hydrogens is 328 g/mol. The molecular formula is C16H13ClN6O. The van der Waals surface area contributed by atoms with Gasteiger partial charge in [0, 0.05) is 5.69 Å². The minimum Gasteiger partial charge on any atom is -0.322 e. The van der Waals surface area contributed by atoms with Crippen molar-refractivity contribution in [3.05, 3.63) is 53.5 Å². The molecule has 0 aliphatic heterocycles. The van der Waals surface area contributed by atoms with E-state index in [1.807, 2.05) is 18.2 Å². The maximum Gasteiger partial charge on any atom is 0.247 e. The summed E-state index contributed by atoms with van der Waals surface area (Å²) in [6.07, 6.45) is 4.49. The largest absolute Gasteiger partial charge is 0.322 e. The quantitative estimate of drug-likeness (QED) is 0.585. The highest BCUT2D eigenvalue weighted by Gasteiger charge is 2.28. The van der Waals surface area contributed by atoms with Gasteiger partial charge in [-0.15, -0.1) is 5.10 Å². The van der Waals surface area contributed by atoms with Crippen LogP contribution in [0.1, 0.15) is 23.6 Å². The predicted octanol–water partition coefficient (Wildman–Crippen LogP) is 2.53. The second kappa shape index (κ2) is 5.68. The molecule has 0 spiro atoms. The molecule has 120 valence electrons. The highest BCUT2D eigenvalue weighted by Crippen LogP contribution is 2.38. The molecule has 0 unspecified atom stereocenters. The first-order valence-corrected chi connectivity index (χ1v) is 7.84. The third-order valence-electron chi connectivity index (χ3n) is 4.16. The molecule has 1 aromatic carbocycles. The van der Waals surface area contributed by atoms with Gasteiger partial charge >= 0.3 is 0 Å². The molecule has 2 aromatic heterocycles. The number of carbonyl (C=O) groups excluding carboxylic acids is 1. The van der Waals surface area contributed by atoms with Crippen LogP contribution in [0.25, 0.3) is 11.2 Å². The Kier molecular flexibility index (Phi) is 3.50. The summed E-state index contributed by atoms with van der Waals surface area (Å²) in [4.78, 5) is 19.8. The molecule has 8 heteroatoms. The molecule has 0 saturated carbocycles. The Morgan fingerprint density at radius 3 is 3.17 bits per heavy atom. The zero-order valence-electron chi connectivity index (χ0n) is 12.6. The van der Waals surface area contributed by atoms with Crippen molar-refractivity contribution in [1.29, 1.82) is 0 Å². The summed E-state index contributed by atoms with van der Waals surface area (Å²) in [7, 11) is 0. The lowest BCUT2D eigenvalue weighted by Crippen LogP contribution is -2.11. The lowest BCUT2D eigenvalue weighted by atomic mass is 10.1. The molecule has 0 radical (unpaired) electrons. The van der Waals surface area contributed by atoms with Crippen molar-refractivity contribution >= 4 is 34.4 Å². The van der Waals surface area contributed by atoms with Gasteiger partial charge in [0.2, 0.25) is 11.2 Å². The average molecular weight is 341 g/mol. The summed E-state index contributed by atoms with van der Waals surface area (Å²) in [5.74, 6) is -0.224. The Morgan fingerprint density at radius 1 is 1.46 bits per heavy atom. The fourth-order valence-electron chi connectivity index (χ4n) is 3.12. The first-order chi connectivity index (χ1) is 11.7. The van der Waals surface area contributed by atoms with Gasteiger partial charge in [0.15, 0.2) is 11.2 Å². The normalized spacial score (nSPS) is 16.1. The summed E-state index contributed by atoms with van der Waals surface area (Å²) in [5, 5.41) is 11.4. The van der Waals surface area contributed by atoms with E-state index in [-0.39, 0.29) is 17.2 Å². The summed E-state index contributed by atoms with van der Waals surface area (Å²) >= 11 is 5.90. The second-order valence-electron chi connectivity index (χ2n) is 5.50. The lowest BCUT2D eigenvalue weighted by molar-refractivity contribution is -0.111. The summed E-state index contributed by atoms with van der Waals surface area (Å²) in [5.41, 5.74) is 4.20. The van der Waals surface area contributed by atoms with Crippen LogP contribution in [0.2, 0.25) is 5.28 Å². The van der Waals surface area contributed by atoms with Gasteiger partial charge in [-0.25, -0.2) is 9.67 Å². The van der Waals surface area contributed by atoms with Crippen molar-refractivity contribution in [2.24, 2.45) is 0 Å². The van der Waals surface area contributed by atoms with Crippen molar-refractivity contribution in [3.63, 3.8) is 0 Å². The van der Waals surface area contributed by atoms with Crippen LogP contribution in [0.3, 0.4) is 0 Å². The number of benzene rings is 1. The lowest BCUT2D eigenvalue weighted by Gasteiger charge is -2.13. The van der Waals surface area contributed by atoms with Gasteiger partial charge in [-0.05, 0) is 47.7 Å². The van der Waals surface area contributed by atoms with Crippen LogP contribution in [0.15, 0.2) is 37.1 Å². The second-order valence-corrected chi connectivity index (χ2v) is 5.84. The Bertz CT molecular complexity index is 966. The number of rotatable bonds is 3. The molecule has 3 aromatic rings. The Labute approximate surface area is 142 Å². The van der Waals surface area contributed by atoms with Crippen molar-refractivity contribution in [2.45, 2.75) is 18.9 Å². The molecule has 1 atom stereocenters. The summed E-state index contributed by atoms with van der Waals surface area (Å²) in [6, 6.07) is 5.84. The highest BCUT2D eigenvalue weighted by molar-refractivity contribution is 6.28. The van der Waals surface area contributed by atoms with Crippen LogP contribution >= 0.6 is 11.6 Å². The number of anilines is 1.